The Morgan fingerprint density at radius 1 is 1.50 bits per heavy atom. The molecule has 0 fully saturated rings. The highest BCUT2D eigenvalue weighted by Gasteiger charge is 2.28. The van der Waals surface area contributed by atoms with Gasteiger partial charge in [-0.1, -0.05) is 6.07 Å². The Labute approximate surface area is 79.9 Å². The number of amides is 1. The fourth-order valence-electron chi connectivity index (χ4n) is 1.66. The van der Waals surface area contributed by atoms with Gasteiger partial charge in [-0.25, -0.2) is 0 Å². The van der Waals surface area contributed by atoms with Crippen LogP contribution in [0.25, 0.3) is 0 Å². The molecule has 14 heavy (non-hydrogen) atoms. The number of nitrogens with one attached hydrogen (secondary N) is 1. The molecule has 2 rings (SSSR count). The molecule has 0 atom stereocenters. The van der Waals surface area contributed by atoms with Gasteiger partial charge in [0.1, 0.15) is 0 Å². The first kappa shape index (κ1) is 8.68. The van der Waals surface area contributed by atoms with Crippen molar-refractivity contribution in [3.8, 4) is 0 Å². The summed E-state index contributed by atoms with van der Waals surface area (Å²) in [5, 5.41) is 13.3. The molecule has 0 aliphatic carbocycles. The van der Waals surface area contributed by atoms with Crippen LogP contribution in [-0.2, 0) is 6.54 Å². The number of nitro groups is 1. The Kier molecular flexibility index (Phi) is 1.73. The van der Waals surface area contributed by atoms with Gasteiger partial charge in [0.2, 0.25) is 0 Å². The second-order valence-corrected chi connectivity index (χ2v) is 3.20. The summed E-state index contributed by atoms with van der Waals surface area (Å²) in [5.41, 5.74) is 1.56. The molecular weight excluding hydrogens is 184 g/mol. The third-order valence-electron chi connectivity index (χ3n) is 2.34. The molecule has 1 aromatic rings. The summed E-state index contributed by atoms with van der Waals surface area (Å²) >= 11 is 0. The van der Waals surface area contributed by atoms with Crippen molar-refractivity contribution in [2.45, 2.75) is 13.5 Å². The van der Waals surface area contributed by atoms with Gasteiger partial charge in [-0.15, -0.1) is 0 Å². The molecule has 0 radical (unpaired) electrons. The second-order valence-electron chi connectivity index (χ2n) is 3.20. The first-order chi connectivity index (χ1) is 6.61. The van der Waals surface area contributed by atoms with E-state index in [0.29, 0.717) is 16.7 Å². The van der Waals surface area contributed by atoms with Crippen LogP contribution >= 0.6 is 0 Å². The SMILES string of the molecule is Cc1ccc2c(c1[N+](=O)[O-])CNC2=O. The number of fused-ring (bicyclic) bond motifs is 1. The summed E-state index contributed by atoms with van der Waals surface area (Å²) in [6.07, 6.45) is 0. The van der Waals surface area contributed by atoms with Gasteiger partial charge in [-0.2, -0.15) is 0 Å². The van der Waals surface area contributed by atoms with Crippen molar-refractivity contribution in [1.29, 1.82) is 0 Å². The van der Waals surface area contributed by atoms with E-state index >= 15 is 0 Å². The highest BCUT2D eigenvalue weighted by atomic mass is 16.6. The van der Waals surface area contributed by atoms with Crippen LogP contribution in [0.1, 0.15) is 21.5 Å². The van der Waals surface area contributed by atoms with Gasteiger partial charge in [-0.3, -0.25) is 14.9 Å². The Bertz CT molecular complexity index is 440. The zero-order valence-electron chi connectivity index (χ0n) is 7.53. The Morgan fingerprint density at radius 3 is 2.86 bits per heavy atom. The number of aryl methyl sites for hydroxylation is 1. The number of benzene rings is 1. The molecule has 1 N–H and O–H groups in total. The van der Waals surface area contributed by atoms with Gasteiger partial charge >= 0.3 is 0 Å². The highest BCUT2D eigenvalue weighted by Crippen LogP contribution is 2.29. The molecule has 5 heteroatoms. The minimum Gasteiger partial charge on any atom is -0.348 e. The van der Waals surface area contributed by atoms with Crippen molar-refractivity contribution in [1.82, 2.24) is 5.32 Å². The second kappa shape index (κ2) is 2.80. The third-order valence-corrected chi connectivity index (χ3v) is 2.34. The van der Waals surface area contributed by atoms with Crippen molar-refractivity contribution in [2.24, 2.45) is 0 Å². The molecule has 5 nitrogen and oxygen atoms in total. The summed E-state index contributed by atoms with van der Waals surface area (Å²) in [7, 11) is 0. The number of rotatable bonds is 1. The van der Waals surface area contributed by atoms with Gasteiger partial charge in [-0.05, 0) is 13.0 Å². The van der Waals surface area contributed by atoms with Crippen molar-refractivity contribution in [3.05, 3.63) is 38.9 Å². The molecule has 0 bridgehead atoms. The fourth-order valence-corrected chi connectivity index (χ4v) is 1.66. The van der Waals surface area contributed by atoms with E-state index in [4.69, 9.17) is 0 Å². The van der Waals surface area contributed by atoms with Crippen LogP contribution in [0.15, 0.2) is 12.1 Å². The molecule has 0 aromatic heterocycles. The molecule has 1 amide bonds. The van der Waals surface area contributed by atoms with E-state index in [2.05, 4.69) is 5.32 Å². The van der Waals surface area contributed by atoms with Gasteiger partial charge in [0.05, 0.1) is 22.6 Å². The van der Waals surface area contributed by atoms with Crippen LogP contribution in [0.3, 0.4) is 0 Å². The lowest BCUT2D eigenvalue weighted by Crippen LogP contribution is -2.12. The Morgan fingerprint density at radius 2 is 2.21 bits per heavy atom. The van der Waals surface area contributed by atoms with Crippen LogP contribution in [-0.4, -0.2) is 10.8 Å². The van der Waals surface area contributed by atoms with Crippen molar-refractivity contribution < 1.29 is 9.72 Å². The monoisotopic (exact) mass is 192 g/mol. The van der Waals surface area contributed by atoms with E-state index < -0.39 is 4.92 Å². The molecule has 0 spiro atoms. The summed E-state index contributed by atoms with van der Waals surface area (Å²) in [6, 6.07) is 3.22. The summed E-state index contributed by atoms with van der Waals surface area (Å²) in [5.74, 6) is -0.233. The van der Waals surface area contributed by atoms with Crippen molar-refractivity contribution in [3.63, 3.8) is 0 Å². The van der Waals surface area contributed by atoms with Gasteiger partial charge in [0.25, 0.3) is 11.6 Å². The van der Waals surface area contributed by atoms with Gasteiger partial charge in [0, 0.05) is 5.56 Å². The topological polar surface area (TPSA) is 72.2 Å². The average molecular weight is 192 g/mol. The number of nitrogens with zero attached hydrogens (tertiary/aromatic N) is 1. The number of nitro benzene ring substituents is 1. The molecule has 0 unspecified atom stereocenters. The smallest absolute Gasteiger partial charge is 0.278 e. The van der Waals surface area contributed by atoms with Crippen molar-refractivity contribution >= 4 is 11.6 Å². The predicted octanol–water partition coefficient (Wildman–Crippen LogP) is 1.15. The summed E-state index contributed by atoms with van der Waals surface area (Å²) in [4.78, 5) is 21.5. The quantitative estimate of drug-likeness (QED) is 0.535. The van der Waals surface area contributed by atoms with Crippen LogP contribution < -0.4 is 5.32 Å². The molecule has 1 aromatic carbocycles. The van der Waals surface area contributed by atoms with Crippen LogP contribution in [0, 0.1) is 17.0 Å². The lowest BCUT2D eigenvalue weighted by molar-refractivity contribution is -0.386. The predicted molar refractivity (Wildman–Crippen MR) is 49.0 cm³/mol. The maximum absolute atomic E-state index is 11.2. The van der Waals surface area contributed by atoms with Gasteiger partial charge in [0.15, 0.2) is 0 Å². The normalized spacial score (nSPS) is 13.6. The minimum absolute atomic E-state index is 0.0563. The Balaban J connectivity index is 2.71. The first-order valence-corrected chi connectivity index (χ1v) is 4.16. The maximum atomic E-state index is 11.2. The average Bonchev–Trinajstić information content (AvgIpc) is 2.47. The minimum atomic E-state index is -0.436. The van der Waals surface area contributed by atoms with Crippen LogP contribution in [0.5, 0.6) is 0 Å². The van der Waals surface area contributed by atoms with Crippen LogP contribution in [0.4, 0.5) is 5.69 Å². The highest BCUT2D eigenvalue weighted by molar-refractivity contribution is 5.99. The molecule has 1 aliphatic rings. The Hall–Kier alpha value is -1.91. The first-order valence-electron chi connectivity index (χ1n) is 4.16. The molecule has 0 saturated heterocycles. The number of hydrogen-bond acceptors (Lipinski definition) is 3. The van der Waals surface area contributed by atoms with E-state index in [1.54, 1.807) is 19.1 Å². The summed E-state index contributed by atoms with van der Waals surface area (Å²) < 4.78 is 0. The van der Waals surface area contributed by atoms with E-state index in [-0.39, 0.29) is 18.1 Å². The molecule has 1 aliphatic heterocycles. The molecule has 0 saturated carbocycles. The zero-order chi connectivity index (χ0) is 10.3. The fraction of sp³-hybridized carbons (Fsp3) is 0.222. The lowest BCUT2D eigenvalue weighted by Gasteiger charge is -2.01. The number of carbonyl (C=O) groups excluding carboxylic acids is 1. The molecule has 1 heterocycles. The molecular formula is C9H8N2O3. The maximum Gasteiger partial charge on any atom is 0.278 e. The zero-order valence-corrected chi connectivity index (χ0v) is 7.53. The van der Waals surface area contributed by atoms with Crippen LogP contribution in [0.2, 0.25) is 0 Å². The largest absolute Gasteiger partial charge is 0.348 e. The van der Waals surface area contributed by atoms with E-state index in [1.165, 1.54) is 0 Å². The lowest BCUT2D eigenvalue weighted by atomic mass is 10.0. The third kappa shape index (κ3) is 1.06. The number of hydrogen-bond donors (Lipinski definition) is 1. The van der Waals surface area contributed by atoms with Gasteiger partial charge < -0.3 is 5.32 Å². The van der Waals surface area contributed by atoms with Crippen molar-refractivity contribution in [2.75, 3.05) is 0 Å². The van der Waals surface area contributed by atoms with E-state index in [1.807, 2.05) is 0 Å². The standard InChI is InChI=1S/C9H8N2O3/c1-5-2-3-6-7(4-10-9(6)12)8(5)11(13)14/h2-3H,4H2,1H3,(H,10,12). The molecule has 72 valence electrons. The van der Waals surface area contributed by atoms with E-state index in [9.17, 15) is 14.9 Å². The number of carbonyl (C=O) groups is 1. The summed E-state index contributed by atoms with van der Waals surface area (Å²) in [6.45, 7) is 1.92. The van der Waals surface area contributed by atoms with E-state index in [0.717, 1.165) is 0 Å².